The first-order chi connectivity index (χ1) is 7.04. The normalized spacial score (nSPS) is 12.6. The topological polar surface area (TPSA) is 21.3 Å². The van der Waals surface area contributed by atoms with Crippen LogP contribution in [0.1, 0.15) is 6.92 Å². The lowest BCUT2D eigenvalue weighted by Gasteiger charge is -2.12. The number of benzene rings is 1. The van der Waals surface area contributed by atoms with E-state index < -0.39 is 11.6 Å². The fraction of sp³-hybridized carbons (Fsp3) is 0.400. The first kappa shape index (κ1) is 12.4. The Labute approximate surface area is 95.8 Å². The zero-order valence-electron chi connectivity index (χ0n) is 8.48. The van der Waals surface area contributed by atoms with Crippen molar-refractivity contribution in [2.24, 2.45) is 0 Å². The van der Waals surface area contributed by atoms with Crippen molar-refractivity contribution in [3.63, 3.8) is 0 Å². The van der Waals surface area contributed by atoms with Crippen LogP contribution in [-0.4, -0.2) is 19.8 Å². The third kappa shape index (κ3) is 3.43. The highest BCUT2D eigenvalue weighted by atomic mass is 79.9. The third-order valence-electron chi connectivity index (χ3n) is 1.99. The molecule has 15 heavy (non-hydrogen) atoms. The number of nitrogens with one attached hydrogen (secondary N) is 1. The molecule has 0 saturated carbocycles. The molecule has 0 aliphatic heterocycles. The summed E-state index contributed by atoms with van der Waals surface area (Å²) in [6, 6.07) is 2.21. The van der Waals surface area contributed by atoms with E-state index in [0.29, 0.717) is 6.54 Å². The number of hydrogen-bond donors (Lipinski definition) is 1. The Balaban J connectivity index is 2.73. The standard InChI is InChI=1S/C10H12BrF2NO/c1-6(15-2)5-14-10-4-8(12)7(11)3-9(10)13/h3-4,6,14H,5H2,1-2H3. The van der Waals surface area contributed by atoms with Gasteiger partial charge in [0, 0.05) is 19.7 Å². The maximum Gasteiger partial charge on any atom is 0.147 e. The van der Waals surface area contributed by atoms with Gasteiger partial charge in [0.2, 0.25) is 0 Å². The highest BCUT2D eigenvalue weighted by molar-refractivity contribution is 9.10. The van der Waals surface area contributed by atoms with Gasteiger partial charge in [-0.15, -0.1) is 0 Å². The van der Waals surface area contributed by atoms with E-state index >= 15 is 0 Å². The van der Waals surface area contributed by atoms with Gasteiger partial charge in [-0.3, -0.25) is 0 Å². The van der Waals surface area contributed by atoms with Crippen molar-refractivity contribution in [3.05, 3.63) is 28.2 Å². The van der Waals surface area contributed by atoms with Gasteiger partial charge in [0.25, 0.3) is 0 Å². The van der Waals surface area contributed by atoms with E-state index in [1.165, 1.54) is 0 Å². The summed E-state index contributed by atoms with van der Waals surface area (Å²) in [6.45, 7) is 2.26. The van der Waals surface area contributed by atoms with Crippen molar-refractivity contribution < 1.29 is 13.5 Å². The Hall–Kier alpha value is -0.680. The molecule has 1 aromatic carbocycles. The van der Waals surface area contributed by atoms with Crippen LogP contribution in [0.15, 0.2) is 16.6 Å². The van der Waals surface area contributed by atoms with E-state index in [1.54, 1.807) is 7.11 Å². The molecule has 0 amide bonds. The lowest BCUT2D eigenvalue weighted by Crippen LogP contribution is -2.18. The maximum atomic E-state index is 13.3. The second-order valence-electron chi connectivity index (χ2n) is 3.17. The van der Waals surface area contributed by atoms with E-state index in [0.717, 1.165) is 12.1 Å². The van der Waals surface area contributed by atoms with Crippen LogP contribution in [0.3, 0.4) is 0 Å². The molecule has 0 fully saturated rings. The average Bonchev–Trinajstić information content (AvgIpc) is 2.21. The van der Waals surface area contributed by atoms with Gasteiger partial charge in [0.1, 0.15) is 11.6 Å². The Bertz CT molecular complexity index is 346. The van der Waals surface area contributed by atoms with Crippen molar-refractivity contribution in [1.29, 1.82) is 0 Å². The molecule has 0 saturated heterocycles. The van der Waals surface area contributed by atoms with Crippen molar-refractivity contribution in [1.82, 2.24) is 0 Å². The molecule has 1 unspecified atom stereocenters. The minimum absolute atomic E-state index is 0.0592. The van der Waals surface area contributed by atoms with Crippen LogP contribution in [0.25, 0.3) is 0 Å². The SMILES string of the molecule is COC(C)CNc1cc(F)c(Br)cc1F. The van der Waals surface area contributed by atoms with Gasteiger partial charge in [-0.05, 0) is 28.9 Å². The number of anilines is 1. The highest BCUT2D eigenvalue weighted by Crippen LogP contribution is 2.23. The van der Waals surface area contributed by atoms with Crippen LogP contribution in [0.5, 0.6) is 0 Å². The molecule has 0 aliphatic rings. The van der Waals surface area contributed by atoms with Crippen LogP contribution >= 0.6 is 15.9 Å². The van der Waals surface area contributed by atoms with E-state index in [2.05, 4.69) is 21.2 Å². The number of ether oxygens (including phenoxy) is 1. The van der Waals surface area contributed by atoms with Crippen LogP contribution in [0.2, 0.25) is 0 Å². The van der Waals surface area contributed by atoms with Crippen molar-refractivity contribution in [2.75, 3.05) is 19.0 Å². The highest BCUT2D eigenvalue weighted by Gasteiger charge is 2.08. The van der Waals surface area contributed by atoms with Crippen LogP contribution in [-0.2, 0) is 4.74 Å². The Morgan fingerprint density at radius 1 is 1.40 bits per heavy atom. The largest absolute Gasteiger partial charge is 0.380 e. The minimum atomic E-state index is -0.496. The van der Waals surface area contributed by atoms with Crippen molar-refractivity contribution in [3.8, 4) is 0 Å². The summed E-state index contributed by atoms with van der Waals surface area (Å²) in [5.41, 5.74) is 0.139. The fourth-order valence-corrected chi connectivity index (χ4v) is 1.31. The Morgan fingerprint density at radius 3 is 2.67 bits per heavy atom. The lowest BCUT2D eigenvalue weighted by molar-refractivity contribution is 0.128. The second-order valence-corrected chi connectivity index (χ2v) is 4.03. The van der Waals surface area contributed by atoms with Crippen molar-refractivity contribution >= 4 is 21.6 Å². The van der Waals surface area contributed by atoms with Gasteiger partial charge in [0.05, 0.1) is 16.3 Å². The summed E-state index contributed by atoms with van der Waals surface area (Å²) in [6.07, 6.45) is -0.0592. The number of rotatable bonds is 4. The molecule has 0 aromatic heterocycles. The predicted octanol–water partition coefficient (Wildman–Crippen LogP) is 3.17. The zero-order valence-corrected chi connectivity index (χ0v) is 10.1. The molecular weight excluding hydrogens is 268 g/mol. The van der Waals surface area contributed by atoms with E-state index in [9.17, 15) is 8.78 Å². The summed E-state index contributed by atoms with van der Waals surface area (Å²) in [5, 5.41) is 2.77. The molecule has 0 heterocycles. The molecular formula is C10H12BrF2NO. The molecule has 2 nitrogen and oxygen atoms in total. The smallest absolute Gasteiger partial charge is 0.147 e. The van der Waals surface area contributed by atoms with Crippen molar-refractivity contribution in [2.45, 2.75) is 13.0 Å². The number of methoxy groups -OCH3 is 1. The quantitative estimate of drug-likeness (QED) is 0.855. The fourth-order valence-electron chi connectivity index (χ4n) is 0.995. The Kier molecular flexibility index (Phi) is 4.47. The van der Waals surface area contributed by atoms with Gasteiger partial charge in [-0.1, -0.05) is 0 Å². The van der Waals surface area contributed by atoms with Gasteiger partial charge in [0.15, 0.2) is 0 Å². The third-order valence-corrected chi connectivity index (χ3v) is 2.60. The van der Waals surface area contributed by atoms with Gasteiger partial charge < -0.3 is 10.1 Å². The molecule has 1 rings (SSSR count). The first-order valence-electron chi connectivity index (χ1n) is 4.45. The summed E-state index contributed by atoms with van der Waals surface area (Å²) in [4.78, 5) is 0. The summed E-state index contributed by atoms with van der Waals surface area (Å²) >= 11 is 2.91. The molecule has 0 spiro atoms. The van der Waals surface area contributed by atoms with Gasteiger partial charge in [-0.25, -0.2) is 8.78 Å². The average molecular weight is 280 g/mol. The van der Waals surface area contributed by atoms with E-state index in [-0.39, 0.29) is 16.3 Å². The van der Waals surface area contributed by atoms with Gasteiger partial charge >= 0.3 is 0 Å². The number of halogens is 3. The van der Waals surface area contributed by atoms with E-state index in [4.69, 9.17) is 4.74 Å². The molecule has 1 N–H and O–H groups in total. The van der Waals surface area contributed by atoms with E-state index in [1.807, 2.05) is 6.92 Å². The summed E-state index contributed by atoms with van der Waals surface area (Å²) in [7, 11) is 1.56. The monoisotopic (exact) mass is 279 g/mol. The Morgan fingerprint density at radius 2 is 2.07 bits per heavy atom. The summed E-state index contributed by atoms with van der Waals surface area (Å²) in [5.74, 6) is -0.990. The summed E-state index contributed by atoms with van der Waals surface area (Å²) < 4.78 is 31.5. The predicted molar refractivity (Wildman–Crippen MR) is 59.0 cm³/mol. The maximum absolute atomic E-state index is 13.3. The zero-order chi connectivity index (χ0) is 11.4. The van der Waals surface area contributed by atoms with Crippen LogP contribution in [0.4, 0.5) is 14.5 Å². The molecule has 0 aliphatic carbocycles. The molecule has 0 bridgehead atoms. The first-order valence-corrected chi connectivity index (χ1v) is 5.25. The molecule has 1 atom stereocenters. The van der Waals surface area contributed by atoms with Crippen LogP contribution < -0.4 is 5.32 Å². The molecule has 1 aromatic rings. The molecule has 0 radical (unpaired) electrons. The lowest BCUT2D eigenvalue weighted by atomic mass is 10.3. The molecule has 5 heteroatoms. The minimum Gasteiger partial charge on any atom is -0.380 e. The molecule has 84 valence electrons. The van der Waals surface area contributed by atoms with Crippen LogP contribution in [0, 0.1) is 11.6 Å². The second kappa shape index (κ2) is 5.42. The number of hydrogen-bond acceptors (Lipinski definition) is 2. The van der Waals surface area contributed by atoms with Gasteiger partial charge in [-0.2, -0.15) is 0 Å².